The highest BCUT2D eigenvalue weighted by Gasteiger charge is 2.35. The zero-order valence-corrected chi connectivity index (χ0v) is 16.8. The summed E-state index contributed by atoms with van der Waals surface area (Å²) >= 11 is 0. The second kappa shape index (κ2) is 8.77. The van der Waals surface area contributed by atoms with Gasteiger partial charge in [-0.1, -0.05) is 19.4 Å². The van der Waals surface area contributed by atoms with Crippen LogP contribution in [-0.2, 0) is 6.54 Å². The molecule has 0 aliphatic carbocycles. The first-order chi connectivity index (χ1) is 14.0. The molecule has 1 N–H and O–H groups in total. The topological polar surface area (TPSA) is 84.9 Å². The molecule has 2 aromatic rings. The van der Waals surface area contributed by atoms with Gasteiger partial charge in [0.2, 0.25) is 0 Å². The summed E-state index contributed by atoms with van der Waals surface area (Å²) in [6.07, 6.45) is 1.64. The number of amides is 3. The van der Waals surface area contributed by atoms with Gasteiger partial charge in [0.15, 0.2) is 11.5 Å². The number of fused-ring (bicyclic) bond motifs is 1. The molecule has 0 saturated carbocycles. The third-order valence-electron chi connectivity index (χ3n) is 4.87. The zero-order chi connectivity index (χ0) is 21.0. The van der Waals surface area contributed by atoms with Gasteiger partial charge in [0.05, 0.1) is 25.3 Å². The Kier molecular flexibility index (Phi) is 6.16. The number of benzene rings is 2. The maximum atomic E-state index is 12.6. The number of rotatable bonds is 8. The van der Waals surface area contributed by atoms with E-state index >= 15 is 0 Å². The number of nitrogens with one attached hydrogen (secondary N) is 1. The number of ether oxygens (including phenoxy) is 2. The maximum absolute atomic E-state index is 12.6. The van der Waals surface area contributed by atoms with Crippen molar-refractivity contribution in [2.24, 2.45) is 0 Å². The quantitative estimate of drug-likeness (QED) is 0.694. The Hall–Kier alpha value is -3.35. The van der Waals surface area contributed by atoms with Crippen molar-refractivity contribution in [2.45, 2.75) is 26.3 Å². The molecule has 152 valence electrons. The maximum Gasteiger partial charge on any atom is 0.261 e. The predicted octanol–water partition coefficient (Wildman–Crippen LogP) is 3.03. The first-order valence-corrected chi connectivity index (χ1v) is 9.49. The smallest absolute Gasteiger partial charge is 0.261 e. The molecule has 0 radical (unpaired) electrons. The van der Waals surface area contributed by atoms with Gasteiger partial charge < -0.3 is 14.8 Å². The van der Waals surface area contributed by atoms with E-state index in [2.05, 4.69) is 5.32 Å². The van der Waals surface area contributed by atoms with Crippen LogP contribution in [0.3, 0.4) is 0 Å². The second-order valence-corrected chi connectivity index (χ2v) is 6.75. The van der Waals surface area contributed by atoms with Crippen LogP contribution in [0.5, 0.6) is 11.5 Å². The lowest BCUT2D eigenvalue weighted by Crippen LogP contribution is -2.30. The Labute approximate surface area is 169 Å². The average Bonchev–Trinajstić information content (AvgIpc) is 2.99. The van der Waals surface area contributed by atoms with Gasteiger partial charge in [-0.15, -0.1) is 0 Å². The molecule has 3 amide bonds. The number of imide groups is 1. The van der Waals surface area contributed by atoms with Crippen LogP contribution in [0.15, 0.2) is 36.4 Å². The molecule has 0 unspecified atom stereocenters. The average molecular weight is 396 g/mol. The molecule has 29 heavy (non-hydrogen) atoms. The molecule has 7 nitrogen and oxygen atoms in total. The van der Waals surface area contributed by atoms with E-state index < -0.39 is 0 Å². The third kappa shape index (κ3) is 4.08. The Morgan fingerprint density at radius 3 is 2.38 bits per heavy atom. The molecule has 3 rings (SSSR count). The molecule has 7 heteroatoms. The van der Waals surface area contributed by atoms with Crippen molar-refractivity contribution >= 4 is 17.7 Å². The monoisotopic (exact) mass is 396 g/mol. The van der Waals surface area contributed by atoms with Gasteiger partial charge in [-0.05, 0) is 42.3 Å². The van der Waals surface area contributed by atoms with Crippen LogP contribution in [0, 0.1) is 0 Å². The number of nitrogens with zero attached hydrogens (tertiary/aromatic N) is 1. The fraction of sp³-hybridized carbons (Fsp3) is 0.318. The SMILES string of the molecule is CCCCN1C(=O)c2ccc(C(=O)NCc3ccc(OC)c(OC)c3)cc2C1=O. The minimum Gasteiger partial charge on any atom is -0.493 e. The van der Waals surface area contributed by atoms with E-state index in [1.165, 1.54) is 11.0 Å². The van der Waals surface area contributed by atoms with E-state index in [0.29, 0.717) is 29.2 Å². The van der Waals surface area contributed by atoms with Crippen molar-refractivity contribution in [2.75, 3.05) is 20.8 Å². The molecule has 1 aliphatic rings. The van der Waals surface area contributed by atoms with Gasteiger partial charge in [-0.3, -0.25) is 19.3 Å². The fourth-order valence-electron chi connectivity index (χ4n) is 3.23. The van der Waals surface area contributed by atoms with Gasteiger partial charge in [0.1, 0.15) is 0 Å². The minimum atomic E-state index is -0.340. The number of unbranched alkanes of at least 4 members (excludes halogenated alkanes) is 1. The molecule has 0 fully saturated rings. The summed E-state index contributed by atoms with van der Waals surface area (Å²) in [6.45, 7) is 2.68. The van der Waals surface area contributed by atoms with Gasteiger partial charge in [0, 0.05) is 18.7 Å². The molecule has 1 aliphatic heterocycles. The van der Waals surface area contributed by atoms with Crippen LogP contribution in [0.1, 0.15) is 56.4 Å². The van der Waals surface area contributed by atoms with E-state index in [4.69, 9.17) is 9.47 Å². The Balaban J connectivity index is 1.71. The number of carbonyl (C=O) groups is 3. The Bertz CT molecular complexity index is 954. The van der Waals surface area contributed by atoms with Crippen molar-refractivity contribution in [3.05, 3.63) is 58.7 Å². The van der Waals surface area contributed by atoms with Crippen LogP contribution >= 0.6 is 0 Å². The molecule has 1 heterocycles. The molecular formula is C22H24N2O5. The highest BCUT2D eigenvalue weighted by Crippen LogP contribution is 2.28. The van der Waals surface area contributed by atoms with E-state index in [1.54, 1.807) is 38.5 Å². The van der Waals surface area contributed by atoms with Gasteiger partial charge in [-0.2, -0.15) is 0 Å². The normalized spacial score (nSPS) is 12.7. The number of carbonyl (C=O) groups excluding carboxylic acids is 3. The molecule has 2 aromatic carbocycles. The van der Waals surface area contributed by atoms with Crippen LogP contribution in [-0.4, -0.2) is 43.4 Å². The summed E-state index contributed by atoms with van der Waals surface area (Å²) in [5, 5.41) is 2.82. The number of hydrogen-bond acceptors (Lipinski definition) is 5. The second-order valence-electron chi connectivity index (χ2n) is 6.75. The molecular weight excluding hydrogens is 372 g/mol. The van der Waals surface area contributed by atoms with Gasteiger partial charge >= 0.3 is 0 Å². The molecule has 0 atom stereocenters. The fourth-order valence-corrected chi connectivity index (χ4v) is 3.23. The van der Waals surface area contributed by atoms with E-state index in [9.17, 15) is 14.4 Å². The van der Waals surface area contributed by atoms with Crippen LogP contribution in [0.25, 0.3) is 0 Å². The van der Waals surface area contributed by atoms with Crippen molar-refractivity contribution in [1.82, 2.24) is 10.2 Å². The first kappa shape index (κ1) is 20.4. The van der Waals surface area contributed by atoms with Crippen molar-refractivity contribution in [3.8, 4) is 11.5 Å². The van der Waals surface area contributed by atoms with Gasteiger partial charge in [0.25, 0.3) is 17.7 Å². The first-order valence-electron chi connectivity index (χ1n) is 9.49. The van der Waals surface area contributed by atoms with E-state index in [0.717, 1.165) is 18.4 Å². The third-order valence-corrected chi connectivity index (χ3v) is 4.87. The summed E-state index contributed by atoms with van der Waals surface area (Å²) in [4.78, 5) is 38.8. The lowest BCUT2D eigenvalue weighted by atomic mass is 10.1. The van der Waals surface area contributed by atoms with Crippen LogP contribution in [0.4, 0.5) is 0 Å². The summed E-state index contributed by atoms with van der Waals surface area (Å²) < 4.78 is 10.5. The lowest BCUT2D eigenvalue weighted by Gasteiger charge is -2.12. The zero-order valence-electron chi connectivity index (χ0n) is 16.8. The molecule has 0 bridgehead atoms. The number of hydrogen-bond donors (Lipinski definition) is 1. The summed E-state index contributed by atoms with van der Waals surface area (Å²) in [7, 11) is 3.11. The largest absolute Gasteiger partial charge is 0.493 e. The molecule has 0 saturated heterocycles. The summed E-state index contributed by atoms with van der Waals surface area (Å²) in [5.41, 5.74) is 1.81. The van der Waals surface area contributed by atoms with Crippen LogP contribution in [0.2, 0.25) is 0 Å². The number of methoxy groups -OCH3 is 2. The van der Waals surface area contributed by atoms with Crippen molar-refractivity contribution in [1.29, 1.82) is 0 Å². The Morgan fingerprint density at radius 1 is 0.966 bits per heavy atom. The highest BCUT2D eigenvalue weighted by molar-refractivity contribution is 6.22. The van der Waals surface area contributed by atoms with Crippen molar-refractivity contribution < 1.29 is 23.9 Å². The highest BCUT2D eigenvalue weighted by atomic mass is 16.5. The standard InChI is InChI=1S/C22H24N2O5/c1-4-5-10-24-21(26)16-8-7-15(12-17(16)22(24)27)20(25)23-13-14-6-9-18(28-2)19(11-14)29-3/h6-9,11-12H,4-5,10,13H2,1-3H3,(H,23,25). The summed E-state index contributed by atoms with van der Waals surface area (Å²) in [5.74, 6) is 0.226. The minimum absolute atomic E-state index is 0.282. The lowest BCUT2D eigenvalue weighted by molar-refractivity contribution is 0.0652. The van der Waals surface area contributed by atoms with Crippen LogP contribution < -0.4 is 14.8 Å². The molecule has 0 spiro atoms. The molecule has 0 aromatic heterocycles. The predicted molar refractivity (Wildman–Crippen MR) is 107 cm³/mol. The van der Waals surface area contributed by atoms with E-state index in [-0.39, 0.29) is 29.8 Å². The Morgan fingerprint density at radius 2 is 1.69 bits per heavy atom. The van der Waals surface area contributed by atoms with E-state index in [1.807, 2.05) is 13.0 Å². The summed E-state index contributed by atoms with van der Waals surface area (Å²) in [6, 6.07) is 9.99. The van der Waals surface area contributed by atoms with Gasteiger partial charge in [-0.25, -0.2) is 0 Å². The van der Waals surface area contributed by atoms with Crippen molar-refractivity contribution in [3.63, 3.8) is 0 Å².